The van der Waals surface area contributed by atoms with Crippen molar-refractivity contribution in [3.8, 4) is 0 Å². The SMILES string of the molecule is CP(c1ccccc1)c1ccccc1Cl. The lowest BCUT2D eigenvalue weighted by Crippen LogP contribution is -2.11. The Morgan fingerprint density at radius 3 is 2.13 bits per heavy atom. The van der Waals surface area contributed by atoms with Gasteiger partial charge in [-0.2, -0.15) is 0 Å². The highest BCUT2D eigenvalue weighted by molar-refractivity contribution is 7.72. The van der Waals surface area contributed by atoms with E-state index in [0.29, 0.717) is 0 Å². The maximum absolute atomic E-state index is 6.19. The Morgan fingerprint density at radius 2 is 1.47 bits per heavy atom. The minimum absolute atomic E-state index is 0.324. The summed E-state index contributed by atoms with van der Waals surface area (Å²) in [6.07, 6.45) is 0. The molecule has 0 amide bonds. The van der Waals surface area contributed by atoms with Crippen molar-refractivity contribution in [1.82, 2.24) is 0 Å². The molecular formula is C13H12ClP. The van der Waals surface area contributed by atoms with Crippen molar-refractivity contribution in [2.45, 2.75) is 0 Å². The standard InChI is InChI=1S/C13H12ClP/c1-15(11-7-3-2-4-8-11)13-10-6-5-9-12(13)14/h2-10H,1H3. The second kappa shape index (κ2) is 4.79. The highest BCUT2D eigenvalue weighted by Crippen LogP contribution is 2.31. The van der Waals surface area contributed by atoms with Crippen LogP contribution in [0.5, 0.6) is 0 Å². The molecule has 1 unspecified atom stereocenters. The van der Waals surface area contributed by atoms with Gasteiger partial charge in [-0.1, -0.05) is 60.1 Å². The first-order chi connectivity index (χ1) is 7.29. The molecule has 0 fully saturated rings. The molecule has 0 nitrogen and oxygen atoms in total. The average Bonchev–Trinajstić information content (AvgIpc) is 2.30. The normalized spacial score (nSPS) is 12.4. The Hall–Kier alpha value is -0.840. The van der Waals surface area contributed by atoms with Crippen molar-refractivity contribution in [2.75, 3.05) is 6.66 Å². The summed E-state index contributed by atoms with van der Waals surface area (Å²) in [5, 5.41) is 3.48. The lowest BCUT2D eigenvalue weighted by atomic mass is 10.4. The predicted molar refractivity (Wildman–Crippen MR) is 70.0 cm³/mol. The topological polar surface area (TPSA) is 0 Å². The van der Waals surface area contributed by atoms with Crippen molar-refractivity contribution >= 4 is 30.1 Å². The van der Waals surface area contributed by atoms with Gasteiger partial charge in [-0.05, 0) is 31.3 Å². The third-order valence-electron chi connectivity index (χ3n) is 2.36. The quantitative estimate of drug-likeness (QED) is 0.699. The van der Waals surface area contributed by atoms with E-state index in [1.807, 2.05) is 24.3 Å². The van der Waals surface area contributed by atoms with E-state index in [1.165, 1.54) is 10.6 Å². The van der Waals surface area contributed by atoms with E-state index in [-0.39, 0.29) is 7.92 Å². The van der Waals surface area contributed by atoms with Crippen LogP contribution in [0.2, 0.25) is 5.02 Å². The Balaban J connectivity index is 2.37. The summed E-state index contributed by atoms with van der Waals surface area (Å²) in [6, 6.07) is 18.6. The summed E-state index contributed by atoms with van der Waals surface area (Å²) in [4.78, 5) is 0. The molecule has 0 radical (unpaired) electrons. The number of hydrogen-bond acceptors (Lipinski definition) is 0. The van der Waals surface area contributed by atoms with Crippen LogP contribution in [0.1, 0.15) is 0 Å². The summed E-state index contributed by atoms with van der Waals surface area (Å²) in [5.41, 5.74) is 0. The Morgan fingerprint density at radius 1 is 0.867 bits per heavy atom. The summed E-state index contributed by atoms with van der Waals surface area (Å²) < 4.78 is 0. The molecule has 2 heteroatoms. The monoisotopic (exact) mass is 234 g/mol. The van der Waals surface area contributed by atoms with Crippen molar-refractivity contribution in [1.29, 1.82) is 0 Å². The summed E-state index contributed by atoms with van der Waals surface area (Å²) in [6.45, 7) is 2.24. The third kappa shape index (κ3) is 2.40. The van der Waals surface area contributed by atoms with E-state index in [1.54, 1.807) is 0 Å². The Labute approximate surface area is 96.7 Å². The summed E-state index contributed by atoms with van der Waals surface area (Å²) >= 11 is 6.19. The first kappa shape index (κ1) is 10.7. The molecule has 0 heterocycles. The fourth-order valence-corrected chi connectivity index (χ4v) is 3.63. The van der Waals surface area contributed by atoms with Gasteiger partial charge in [0.15, 0.2) is 0 Å². The van der Waals surface area contributed by atoms with Crippen LogP contribution in [-0.2, 0) is 0 Å². The third-order valence-corrected chi connectivity index (χ3v) is 5.00. The van der Waals surface area contributed by atoms with E-state index in [4.69, 9.17) is 11.6 Å². The van der Waals surface area contributed by atoms with Crippen LogP contribution in [0.15, 0.2) is 54.6 Å². The number of benzene rings is 2. The van der Waals surface area contributed by atoms with Gasteiger partial charge < -0.3 is 0 Å². The van der Waals surface area contributed by atoms with Gasteiger partial charge in [0.1, 0.15) is 0 Å². The van der Waals surface area contributed by atoms with Gasteiger partial charge in [0.2, 0.25) is 0 Å². The molecule has 76 valence electrons. The second-order valence-electron chi connectivity index (χ2n) is 3.35. The zero-order valence-corrected chi connectivity index (χ0v) is 10.2. The highest BCUT2D eigenvalue weighted by atomic mass is 35.5. The van der Waals surface area contributed by atoms with Gasteiger partial charge in [-0.3, -0.25) is 0 Å². The second-order valence-corrected chi connectivity index (χ2v) is 5.87. The van der Waals surface area contributed by atoms with Crippen molar-refractivity contribution in [3.05, 3.63) is 59.6 Å². The van der Waals surface area contributed by atoms with Crippen LogP contribution in [0.25, 0.3) is 0 Å². The van der Waals surface area contributed by atoms with E-state index in [9.17, 15) is 0 Å². The lowest BCUT2D eigenvalue weighted by Gasteiger charge is -2.14. The molecule has 0 bridgehead atoms. The first-order valence-electron chi connectivity index (χ1n) is 4.82. The van der Waals surface area contributed by atoms with Crippen molar-refractivity contribution in [3.63, 3.8) is 0 Å². The van der Waals surface area contributed by atoms with E-state index < -0.39 is 0 Å². The Kier molecular flexibility index (Phi) is 3.41. The molecule has 15 heavy (non-hydrogen) atoms. The van der Waals surface area contributed by atoms with Crippen LogP contribution in [0, 0.1) is 0 Å². The maximum atomic E-state index is 6.19. The molecule has 0 aromatic heterocycles. The van der Waals surface area contributed by atoms with E-state index in [2.05, 4.69) is 37.0 Å². The van der Waals surface area contributed by atoms with Gasteiger partial charge in [0.25, 0.3) is 0 Å². The molecule has 0 N–H and O–H groups in total. The Bertz CT molecular complexity index is 439. The fraction of sp³-hybridized carbons (Fsp3) is 0.0769. The van der Waals surface area contributed by atoms with Crippen LogP contribution in [0.4, 0.5) is 0 Å². The summed E-state index contributed by atoms with van der Waals surface area (Å²) in [7, 11) is -0.324. The highest BCUT2D eigenvalue weighted by Gasteiger charge is 2.09. The molecule has 1 atom stereocenters. The van der Waals surface area contributed by atoms with Gasteiger partial charge in [-0.25, -0.2) is 0 Å². The molecule has 2 rings (SSSR count). The molecular weight excluding hydrogens is 223 g/mol. The number of halogens is 1. The van der Waals surface area contributed by atoms with Crippen LogP contribution in [-0.4, -0.2) is 6.66 Å². The van der Waals surface area contributed by atoms with Gasteiger partial charge in [0, 0.05) is 5.02 Å². The van der Waals surface area contributed by atoms with Gasteiger partial charge in [-0.15, -0.1) is 0 Å². The smallest absolute Gasteiger partial charge is 0.0486 e. The molecule has 0 spiro atoms. The summed E-state index contributed by atoms with van der Waals surface area (Å²) in [5.74, 6) is 0. The maximum Gasteiger partial charge on any atom is 0.0486 e. The largest absolute Gasteiger partial charge is 0.0836 e. The molecule has 0 aliphatic heterocycles. The molecule has 2 aromatic carbocycles. The molecule has 0 saturated carbocycles. The van der Waals surface area contributed by atoms with E-state index >= 15 is 0 Å². The molecule has 2 aromatic rings. The number of rotatable bonds is 2. The minimum atomic E-state index is -0.324. The molecule has 0 saturated heterocycles. The molecule has 0 aliphatic rings. The van der Waals surface area contributed by atoms with Crippen LogP contribution >= 0.6 is 19.5 Å². The lowest BCUT2D eigenvalue weighted by molar-refractivity contribution is 1.75. The first-order valence-corrected chi connectivity index (χ1v) is 6.99. The van der Waals surface area contributed by atoms with Crippen LogP contribution < -0.4 is 10.6 Å². The van der Waals surface area contributed by atoms with Crippen molar-refractivity contribution < 1.29 is 0 Å². The van der Waals surface area contributed by atoms with Crippen LogP contribution in [0.3, 0.4) is 0 Å². The minimum Gasteiger partial charge on any atom is -0.0836 e. The number of hydrogen-bond donors (Lipinski definition) is 0. The fourth-order valence-electron chi connectivity index (χ4n) is 1.51. The van der Waals surface area contributed by atoms with Gasteiger partial charge in [0.05, 0.1) is 0 Å². The zero-order chi connectivity index (χ0) is 10.7. The van der Waals surface area contributed by atoms with Crippen molar-refractivity contribution in [2.24, 2.45) is 0 Å². The van der Waals surface area contributed by atoms with E-state index in [0.717, 1.165) is 5.02 Å². The van der Waals surface area contributed by atoms with Gasteiger partial charge >= 0.3 is 0 Å². The predicted octanol–water partition coefficient (Wildman–Crippen LogP) is 3.40. The average molecular weight is 235 g/mol. The molecule has 0 aliphatic carbocycles. The zero-order valence-electron chi connectivity index (χ0n) is 8.52.